The second-order valence-corrected chi connectivity index (χ2v) is 6.61. The maximum Gasteiger partial charge on any atom is 0.410 e. The molecule has 104 valence electrons. The lowest BCUT2D eigenvalue weighted by atomic mass is 10.0. The Bertz CT molecular complexity index is 307. The summed E-state index contributed by atoms with van der Waals surface area (Å²) in [5.74, 6) is 0. The SMILES string of the molecule is CN(C(=O)OC(C)(C)C)[C@@H]1CCCN(C2CC2)C1. The fraction of sp³-hybridized carbons (Fsp3) is 0.929. The van der Waals surface area contributed by atoms with Crippen LogP contribution in [0.4, 0.5) is 4.79 Å². The number of ether oxygens (including phenoxy) is 1. The molecule has 1 aliphatic carbocycles. The quantitative estimate of drug-likeness (QED) is 0.759. The fourth-order valence-corrected chi connectivity index (χ4v) is 2.55. The Morgan fingerprint density at radius 3 is 2.50 bits per heavy atom. The van der Waals surface area contributed by atoms with Gasteiger partial charge in [-0.05, 0) is 53.0 Å². The smallest absolute Gasteiger partial charge is 0.410 e. The van der Waals surface area contributed by atoms with E-state index in [4.69, 9.17) is 4.74 Å². The molecule has 1 atom stereocenters. The summed E-state index contributed by atoms with van der Waals surface area (Å²) in [7, 11) is 1.87. The first kappa shape index (κ1) is 13.7. The van der Waals surface area contributed by atoms with Gasteiger partial charge in [0.25, 0.3) is 0 Å². The molecule has 1 amide bonds. The summed E-state index contributed by atoms with van der Waals surface area (Å²) in [5.41, 5.74) is -0.407. The van der Waals surface area contributed by atoms with Crippen LogP contribution in [0.15, 0.2) is 0 Å². The van der Waals surface area contributed by atoms with Crippen molar-refractivity contribution in [1.29, 1.82) is 0 Å². The van der Waals surface area contributed by atoms with Crippen molar-refractivity contribution in [3.8, 4) is 0 Å². The highest BCUT2D eigenvalue weighted by atomic mass is 16.6. The molecule has 0 unspecified atom stereocenters. The van der Waals surface area contributed by atoms with Crippen LogP contribution < -0.4 is 0 Å². The molecule has 0 aromatic carbocycles. The van der Waals surface area contributed by atoms with Crippen LogP contribution in [0.5, 0.6) is 0 Å². The van der Waals surface area contributed by atoms with Gasteiger partial charge in [-0.25, -0.2) is 4.79 Å². The van der Waals surface area contributed by atoms with E-state index in [9.17, 15) is 4.79 Å². The van der Waals surface area contributed by atoms with E-state index in [1.165, 1.54) is 25.8 Å². The van der Waals surface area contributed by atoms with Gasteiger partial charge in [-0.1, -0.05) is 0 Å². The van der Waals surface area contributed by atoms with Gasteiger partial charge < -0.3 is 9.64 Å². The monoisotopic (exact) mass is 254 g/mol. The van der Waals surface area contributed by atoms with E-state index in [1.54, 1.807) is 4.90 Å². The Morgan fingerprint density at radius 2 is 1.94 bits per heavy atom. The van der Waals surface area contributed by atoms with Gasteiger partial charge in [0.05, 0.1) is 0 Å². The molecule has 0 aromatic rings. The van der Waals surface area contributed by atoms with Gasteiger partial charge in [0.1, 0.15) is 5.60 Å². The van der Waals surface area contributed by atoms with E-state index in [1.807, 2.05) is 27.8 Å². The number of amides is 1. The van der Waals surface area contributed by atoms with Crippen LogP contribution in [0.3, 0.4) is 0 Å². The molecular weight excluding hydrogens is 228 g/mol. The molecule has 1 saturated heterocycles. The molecule has 1 heterocycles. The Balaban J connectivity index is 1.87. The zero-order valence-electron chi connectivity index (χ0n) is 12.1. The highest BCUT2D eigenvalue weighted by Gasteiger charge is 2.35. The van der Waals surface area contributed by atoms with Crippen molar-refractivity contribution in [2.45, 2.75) is 64.1 Å². The number of carbonyl (C=O) groups excluding carboxylic acids is 1. The topological polar surface area (TPSA) is 32.8 Å². The molecule has 1 aliphatic heterocycles. The number of piperidine rings is 1. The first-order valence-corrected chi connectivity index (χ1v) is 7.07. The van der Waals surface area contributed by atoms with E-state index in [0.717, 1.165) is 19.0 Å². The molecular formula is C14H26N2O2. The summed E-state index contributed by atoms with van der Waals surface area (Å²) >= 11 is 0. The van der Waals surface area contributed by atoms with Crippen molar-refractivity contribution in [2.24, 2.45) is 0 Å². The normalized spacial score (nSPS) is 25.9. The van der Waals surface area contributed by atoms with Crippen LogP contribution in [0, 0.1) is 0 Å². The Kier molecular flexibility index (Phi) is 3.85. The minimum Gasteiger partial charge on any atom is -0.444 e. The zero-order chi connectivity index (χ0) is 13.3. The van der Waals surface area contributed by atoms with E-state index in [2.05, 4.69) is 4.90 Å². The molecule has 0 aromatic heterocycles. The van der Waals surface area contributed by atoms with Gasteiger partial charge >= 0.3 is 6.09 Å². The average Bonchev–Trinajstić information content (AvgIpc) is 3.09. The summed E-state index contributed by atoms with van der Waals surface area (Å²) in [6.45, 7) is 7.95. The molecule has 1 saturated carbocycles. The fourth-order valence-electron chi connectivity index (χ4n) is 2.55. The second kappa shape index (κ2) is 5.08. The van der Waals surface area contributed by atoms with Crippen molar-refractivity contribution >= 4 is 6.09 Å². The molecule has 4 heteroatoms. The lowest BCUT2D eigenvalue weighted by Gasteiger charge is -2.38. The Morgan fingerprint density at radius 1 is 1.28 bits per heavy atom. The lowest BCUT2D eigenvalue weighted by Crippen LogP contribution is -2.50. The zero-order valence-corrected chi connectivity index (χ0v) is 12.1. The first-order chi connectivity index (χ1) is 8.37. The maximum atomic E-state index is 12.0. The molecule has 2 aliphatic rings. The number of carbonyl (C=O) groups is 1. The van der Waals surface area contributed by atoms with Crippen molar-refractivity contribution in [2.75, 3.05) is 20.1 Å². The number of likely N-dealkylation sites (tertiary alicyclic amines) is 1. The van der Waals surface area contributed by atoms with Crippen LogP contribution in [-0.4, -0.2) is 53.7 Å². The van der Waals surface area contributed by atoms with Crippen LogP contribution in [0.2, 0.25) is 0 Å². The number of hydrogen-bond donors (Lipinski definition) is 0. The highest BCUT2D eigenvalue weighted by Crippen LogP contribution is 2.30. The van der Waals surface area contributed by atoms with Crippen molar-refractivity contribution in [1.82, 2.24) is 9.80 Å². The van der Waals surface area contributed by atoms with Gasteiger partial charge in [-0.3, -0.25) is 4.90 Å². The summed E-state index contributed by atoms with van der Waals surface area (Å²) in [6.07, 6.45) is 4.77. The standard InChI is InChI=1S/C14H26N2O2/c1-14(2,3)18-13(17)15(4)12-6-5-9-16(10-12)11-7-8-11/h11-12H,5-10H2,1-4H3/t12-/m1/s1. The third kappa shape index (κ3) is 3.61. The summed E-state index contributed by atoms with van der Waals surface area (Å²) in [6, 6.07) is 1.11. The van der Waals surface area contributed by atoms with Crippen LogP contribution in [0.25, 0.3) is 0 Å². The van der Waals surface area contributed by atoms with Gasteiger partial charge in [0.15, 0.2) is 0 Å². The number of rotatable bonds is 2. The van der Waals surface area contributed by atoms with Crippen LogP contribution in [-0.2, 0) is 4.74 Å². The number of nitrogens with zero attached hydrogens (tertiary/aromatic N) is 2. The van der Waals surface area contributed by atoms with Gasteiger partial charge in [0, 0.05) is 25.7 Å². The molecule has 0 bridgehead atoms. The minimum atomic E-state index is -0.407. The van der Waals surface area contributed by atoms with Crippen molar-refractivity contribution in [3.05, 3.63) is 0 Å². The van der Waals surface area contributed by atoms with E-state index >= 15 is 0 Å². The van der Waals surface area contributed by atoms with Gasteiger partial charge in [-0.15, -0.1) is 0 Å². The summed E-state index contributed by atoms with van der Waals surface area (Å²) in [4.78, 5) is 16.4. The third-order valence-electron chi connectivity index (χ3n) is 3.72. The van der Waals surface area contributed by atoms with Crippen LogP contribution >= 0.6 is 0 Å². The van der Waals surface area contributed by atoms with Crippen molar-refractivity contribution < 1.29 is 9.53 Å². The molecule has 0 radical (unpaired) electrons. The predicted molar refractivity (Wildman–Crippen MR) is 71.6 cm³/mol. The lowest BCUT2D eigenvalue weighted by molar-refractivity contribution is 0.0129. The number of likely N-dealkylation sites (N-methyl/N-ethyl adjacent to an activating group) is 1. The second-order valence-electron chi connectivity index (χ2n) is 6.61. The predicted octanol–water partition coefficient (Wildman–Crippen LogP) is 2.48. The first-order valence-electron chi connectivity index (χ1n) is 7.07. The van der Waals surface area contributed by atoms with Crippen molar-refractivity contribution in [3.63, 3.8) is 0 Å². The summed E-state index contributed by atoms with van der Waals surface area (Å²) in [5, 5.41) is 0. The molecule has 18 heavy (non-hydrogen) atoms. The molecule has 0 spiro atoms. The Hall–Kier alpha value is -0.770. The minimum absolute atomic E-state index is 0.190. The number of hydrogen-bond acceptors (Lipinski definition) is 3. The maximum absolute atomic E-state index is 12.0. The highest BCUT2D eigenvalue weighted by molar-refractivity contribution is 5.68. The molecule has 2 fully saturated rings. The largest absolute Gasteiger partial charge is 0.444 e. The third-order valence-corrected chi connectivity index (χ3v) is 3.72. The summed E-state index contributed by atoms with van der Waals surface area (Å²) < 4.78 is 5.43. The molecule has 2 rings (SSSR count). The average molecular weight is 254 g/mol. The van der Waals surface area contributed by atoms with Crippen LogP contribution in [0.1, 0.15) is 46.5 Å². The van der Waals surface area contributed by atoms with Gasteiger partial charge in [-0.2, -0.15) is 0 Å². The molecule has 4 nitrogen and oxygen atoms in total. The van der Waals surface area contributed by atoms with E-state index in [-0.39, 0.29) is 6.09 Å². The Labute approximate surface area is 110 Å². The van der Waals surface area contributed by atoms with Gasteiger partial charge in [0.2, 0.25) is 0 Å². The van der Waals surface area contributed by atoms with E-state index < -0.39 is 5.60 Å². The molecule has 0 N–H and O–H groups in total. The van der Waals surface area contributed by atoms with E-state index in [0.29, 0.717) is 6.04 Å².